The second kappa shape index (κ2) is 13.0. The van der Waals surface area contributed by atoms with Crippen LogP contribution in [0.5, 0.6) is 0 Å². The Morgan fingerprint density at radius 3 is 2.26 bits per heavy atom. The fourth-order valence-corrected chi connectivity index (χ4v) is 3.51. The first-order valence-electron chi connectivity index (χ1n) is 11.0. The topological polar surface area (TPSA) is 251 Å². The van der Waals surface area contributed by atoms with Crippen LogP contribution in [0.1, 0.15) is 37.8 Å². The number of imidazole rings is 1. The zero-order valence-electron chi connectivity index (χ0n) is 18.9. The Balaban J connectivity index is 2.14. The van der Waals surface area contributed by atoms with Crippen molar-refractivity contribution in [3.8, 4) is 0 Å². The number of nitrogens with zero attached hydrogens (tertiary/aromatic N) is 1. The van der Waals surface area contributed by atoms with Crippen molar-refractivity contribution >= 4 is 35.5 Å². The van der Waals surface area contributed by atoms with Gasteiger partial charge in [-0.05, 0) is 25.8 Å². The predicted octanol–water partition coefficient (Wildman–Crippen LogP) is -3.62. The van der Waals surface area contributed by atoms with E-state index in [1.807, 2.05) is 0 Å². The summed E-state index contributed by atoms with van der Waals surface area (Å²) in [6.45, 7) is 0.664. The van der Waals surface area contributed by atoms with E-state index in [1.165, 1.54) is 12.5 Å². The number of carboxylic acid groups (broad SMARTS) is 1. The number of primary amides is 2. The monoisotopic (exact) mass is 494 g/mol. The largest absolute Gasteiger partial charge is 0.480 e. The Bertz CT molecular complexity index is 930. The van der Waals surface area contributed by atoms with Gasteiger partial charge in [-0.3, -0.25) is 24.0 Å². The molecular formula is C20H30N8O7. The van der Waals surface area contributed by atoms with Crippen LogP contribution in [0, 0.1) is 0 Å². The molecule has 1 saturated heterocycles. The van der Waals surface area contributed by atoms with E-state index >= 15 is 0 Å². The molecule has 1 aliphatic heterocycles. The van der Waals surface area contributed by atoms with Gasteiger partial charge in [0, 0.05) is 24.7 Å². The van der Waals surface area contributed by atoms with Gasteiger partial charge in [0.25, 0.3) is 0 Å². The predicted molar refractivity (Wildman–Crippen MR) is 119 cm³/mol. The standard InChI is InChI=1S/C20H30N8O7/c21-15(29)4-3-12(20(34)35)26-19(33)14(7-16(22)30)28-18(32)13(6-10-8-23-9-25-10)27-17(31)11-2-1-5-24-11/h8-9,11-14,24H,1-7H2,(H2,21,29)(H2,22,30)(H,23,25)(H,26,33)(H,27,31)(H,28,32)(H,34,35). The number of carbonyl (C=O) groups excluding carboxylic acids is 5. The van der Waals surface area contributed by atoms with Gasteiger partial charge in [-0.2, -0.15) is 0 Å². The summed E-state index contributed by atoms with van der Waals surface area (Å²) < 4.78 is 0. The van der Waals surface area contributed by atoms with Crippen molar-refractivity contribution < 1.29 is 33.9 Å². The van der Waals surface area contributed by atoms with Crippen LogP contribution in [0.3, 0.4) is 0 Å². The lowest BCUT2D eigenvalue weighted by Crippen LogP contribution is -2.58. The maximum atomic E-state index is 13.1. The molecule has 5 amide bonds. The zero-order chi connectivity index (χ0) is 26.0. The number of carboxylic acids is 1. The van der Waals surface area contributed by atoms with Crippen molar-refractivity contribution in [1.82, 2.24) is 31.2 Å². The number of H-pyrrole nitrogens is 1. The first-order chi connectivity index (χ1) is 16.6. The number of hydrogen-bond donors (Lipinski definition) is 8. The van der Waals surface area contributed by atoms with Crippen molar-refractivity contribution in [1.29, 1.82) is 0 Å². The van der Waals surface area contributed by atoms with Gasteiger partial charge in [0.2, 0.25) is 29.5 Å². The van der Waals surface area contributed by atoms with Crippen LogP contribution in [0.15, 0.2) is 12.5 Å². The number of nitrogens with one attached hydrogen (secondary N) is 5. The molecule has 35 heavy (non-hydrogen) atoms. The fourth-order valence-electron chi connectivity index (χ4n) is 3.51. The van der Waals surface area contributed by atoms with Crippen molar-refractivity contribution in [3.05, 3.63) is 18.2 Å². The summed E-state index contributed by atoms with van der Waals surface area (Å²) in [5.41, 5.74) is 10.8. The molecule has 0 aromatic carbocycles. The van der Waals surface area contributed by atoms with E-state index in [9.17, 15) is 33.9 Å². The highest BCUT2D eigenvalue weighted by atomic mass is 16.4. The molecule has 0 bridgehead atoms. The smallest absolute Gasteiger partial charge is 0.326 e. The number of aromatic nitrogens is 2. The summed E-state index contributed by atoms with van der Waals surface area (Å²) in [6, 6.07) is -4.63. The summed E-state index contributed by atoms with van der Waals surface area (Å²) in [6.07, 6.45) is 3.03. The number of nitrogens with two attached hydrogens (primary N) is 2. The molecule has 0 radical (unpaired) electrons. The summed E-state index contributed by atoms with van der Waals surface area (Å²) in [4.78, 5) is 79.0. The summed E-state index contributed by atoms with van der Waals surface area (Å²) >= 11 is 0. The van der Waals surface area contributed by atoms with E-state index < -0.39 is 66.1 Å². The van der Waals surface area contributed by atoms with E-state index in [-0.39, 0.29) is 19.3 Å². The number of amides is 5. The molecule has 0 aliphatic carbocycles. The molecule has 15 heteroatoms. The summed E-state index contributed by atoms with van der Waals surface area (Å²) in [5, 5.41) is 19.5. The maximum absolute atomic E-state index is 13.1. The minimum Gasteiger partial charge on any atom is -0.480 e. The van der Waals surface area contributed by atoms with Gasteiger partial charge in [0.1, 0.15) is 18.1 Å². The number of rotatable bonds is 14. The third-order valence-corrected chi connectivity index (χ3v) is 5.32. The Morgan fingerprint density at radius 1 is 1.03 bits per heavy atom. The Labute approximate surface area is 200 Å². The SMILES string of the molecule is NC(=O)CCC(NC(=O)C(CC(N)=O)NC(=O)C(Cc1cnc[nH]1)NC(=O)C1CCCN1)C(=O)O. The molecule has 1 fully saturated rings. The number of aliphatic carboxylic acids is 1. The van der Waals surface area contributed by atoms with Crippen LogP contribution in [0.2, 0.25) is 0 Å². The average molecular weight is 495 g/mol. The molecule has 2 rings (SSSR count). The molecule has 192 valence electrons. The van der Waals surface area contributed by atoms with Crippen molar-refractivity contribution in [2.75, 3.05) is 6.54 Å². The van der Waals surface area contributed by atoms with E-state index in [0.29, 0.717) is 18.7 Å². The fraction of sp³-hybridized carbons (Fsp3) is 0.550. The van der Waals surface area contributed by atoms with Crippen LogP contribution in [0.4, 0.5) is 0 Å². The number of aromatic amines is 1. The van der Waals surface area contributed by atoms with Gasteiger partial charge >= 0.3 is 5.97 Å². The minimum absolute atomic E-state index is 0.00552. The Hall–Kier alpha value is -4.01. The molecule has 1 aromatic rings. The van der Waals surface area contributed by atoms with Crippen molar-refractivity contribution in [2.45, 2.75) is 62.7 Å². The lowest BCUT2D eigenvalue weighted by atomic mass is 10.1. The third kappa shape index (κ3) is 9.04. The second-order valence-electron chi connectivity index (χ2n) is 8.13. The Kier molecular flexibility index (Phi) is 10.1. The van der Waals surface area contributed by atoms with Gasteiger partial charge in [0.15, 0.2) is 0 Å². The quantitative estimate of drug-likeness (QED) is 0.127. The van der Waals surface area contributed by atoms with Gasteiger partial charge in [-0.1, -0.05) is 0 Å². The molecular weight excluding hydrogens is 464 g/mol. The van der Waals surface area contributed by atoms with Gasteiger partial charge in [-0.25, -0.2) is 9.78 Å². The lowest BCUT2D eigenvalue weighted by molar-refractivity contribution is -0.142. The van der Waals surface area contributed by atoms with Crippen LogP contribution < -0.4 is 32.7 Å². The summed E-state index contributed by atoms with van der Waals surface area (Å²) in [7, 11) is 0. The number of hydrogen-bond acceptors (Lipinski definition) is 8. The van der Waals surface area contributed by atoms with Crippen LogP contribution >= 0.6 is 0 Å². The minimum atomic E-state index is -1.53. The molecule has 0 saturated carbocycles. The van der Waals surface area contributed by atoms with Crippen molar-refractivity contribution in [2.24, 2.45) is 11.5 Å². The molecule has 1 aromatic heterocycles. The highest BCUT2D eigenvalue weighted by molar-refractivity contribution is 5.96. The highest BCUT2D eigenvalue weighted by Crippen LogP contribution is 2.07. The Morgan fingerprint density at radius 2 is 1.71 bits per heavy atom. The molecule has 2 heterocycles. The summed E-state index contributed by atoms with van der Waals surface area (Å²) in [5.74, 6) is -5.33. The van der Waals surface area contributed by atoms with E-state index in [2.05, 4.69) is 31.2 Å². The maximum Gasteiger partial charge on any atom is 0.326 e. The first-order valence-corrected chi connectivity index (χ1v) is 11.0. The second-order valence-corrected chi connectivity index (χ2v) is 8.13. The van der Waals surface area contributed by atoms with Crippen LogP contribution in [-0.4, -0.2) is 81.3 Å². The highest BCUT2D eigenvalue weighted by Gasteiger charge is 2.32. The van der Waals surface area contributed by atoms with Crippen LogP contribution in [-0.2, 0) is 35.2 Å². The van der Waals surface area contributed by atoms with E-state index in [0.717, 1.165) is 6.42 Å². The lowest BCUT2D eigenvalue weighted by Gasteiger charge is -2.24. The van der Waals surface area contributed by atoms with Gasteiger partial charge in [0.05, 0.1) is 18.8 Å². The molecule has 15 nitrogen and oxygen atoms in total. The van der Waals surface area contributed by atoms with Crippen LogP contribution in [0.25, 0.3) is 0 Å². The third-order valence-electron chi connectivity index (χ3n) is 5.32. The normalized spacial score (nSPS) is 17.5. The zero-order valence-corrected chi connectivity index (χ0v) is 18.9. The molecule has 4 atom stereocenters. The molecule has 1 aliphatic rings. The van der Waals surface area contributed by atoms with E-state index in [1.54, 1.807) is 0 Å². The van der Waals surface area contributed by atoms with E-state index in [4.69, 9.17) is 11.5 Å². The molecule has 10 N–H and O–H groups in total. The molecule has 0 spiro atoms. The van der Waals surface area contributed by atoms with Gasteiger partial charge in [-0.15, -0.1) is 0 Å². The first kappa shape index (κ1) is 27.2. The average Bonchev–Trinajstić information content (AvgIpc) is 3.49. The van der Waals surface area contributed by atoms with Crippen molar-refractivity contribution in [3.63, 3.8) is 0 Å². The number of carbonyl (C=O) groups is 6. The van der Waals surface area contributed by atoms with Gasteiger partial charge < -0.3 is 42.8 Å². The molecule has 4 unspecified atom stereocenters.